The van der Waals surface area contributed by atoms with Crippen LogP contribution in [-0.4, -0.2) is 82.7 Å². The van der Waals surface area contributed by atoms with Gasteiger partial charge in [0.1, 0.15) is 0 Å². The van der Waals surface area contributed by atoms with E-state index < -0.39 is 72.4 Å². The van der Waals surface area contributed by atoms with E-state index in [-0.39, 0.29) is 0 Å². The molecule has 0 rings (SSSR count). The first-order chi connectivity index (χ1) is 14.4. The minimum atomic E-state index is -8.98. The van der Waals surface area contributed by atoms with E-state index >= 15 is 0 Å². The molecule has 0 radical (unpaired) electrons. The normalized spacial score (nSPS) is 19.6. The van der Waals surface area contributed by atoms with Crippen LogP contribution in [0.5, 0.6) is 0 Å². The average molecular weight is 562 g/mol. The van der Waals surface area contributed by atoms with Crippen molar-refractivity contribution in [2.24, 2.45) is 0 Å². The lowest BCUT2D eigenvalue weighted by molar-refractivity contribution is -0.470. The molecule has 0 spiro atoms. The number of halogens is 20. The van der Waals surface area contributed by atoms with E-state index in [9.17, 15) is 87.8 Å². The predicted octanol–water partition coefficient (Wildman–Crippen LogP) is 5.32. The van der Waals surface area contributed by atoms with E-state index in [0.29, 0.717) is 0 Å². The van der Waals surface area contributed by atoms with Gasteiger partial charge in [-0.1, -0.05) is 0 Å². The topological polar surface area (TPSA) is 40.5 Å². The second-order valence-electron chi connectivity index (χ2n) is 6.27. The van der Waals surface area contributed by atoms with Gasteiger partial charge in [0.05, 0.1) is 0 Å². The molecular weight excluding hydrogens is 556 g/mol. The van der Waals surface area contributed by atoms with Gasteiger partial charge in [-0.3, -0.25) is 0 Å². The Balaban J connectivity index is 6.77. The Hall–Kier alpha value is -1.48. The molecule has 4 unspecified atom stereocenters. The molecule has 0 saturated carbocycles. The van der Waals surface area contributed by atoms with Gasteiger partial charge in [-0.15, -0.1) is 0 Å². The third-order valence-electron chi connectivity index (χ3n) is 3.96. The molecule has 0 aliphatic carbocycles. The van der Waals surface area contributed by atoms with Gasteiger partial charge in [-0.25, -0.2) is 17.6 Å². The molecule has 0 aliphatic rings. The number of hydrogen-bond acceptors (Lipinski definition) is 2. The summed E-state index contributed by atoms with van der Waals surface area (Å²) in [6.45, 7) is 0. The minimum Gasteiger partial charge on any atom is -0.362 e. The highest BCUT2D eigenvalue weighted by Gasteiger charge is 2.95. The Morgan fingerprint density at radius 2 is 0.676 bits per heavy atom. The van der Waals surface area contributed by atoms with Gasteiger partial charge in [0, 0.05) is 0 Å². The van der Waals surface area contributed by atoms with Gasteiger partial charge in [-0.05, 0) is 0 Å². The molecule has 2 N–H and O–H groups in total. The van der Waals surface area contributed by atoms with Crippen LogP contribution in [0.4, 0.5) is 87.8 Å². The summed E-state index contributed by atoms with van der Waals surface area (Å²) in [5.41, 5.74) is 0. The summed E-state index contributed by atoms with van der Waals surface area (Å²) in [4.78, 5) is 0. The van der Waals surface area contributed by atoms with E-state index in [1.54, 1.807) is 0 Å². The monoisotopic (exact) mass is 562 g/mol. The Labute approximate surface area is 172 Å². The van der Waals surface area contributed by atoms with E-state index in [0.717, 1.165) is 0 Å². The Morgan fingerprint density at radius 3 is 0.941 bits per heavy atom. The summed E-state index contributed by atoms with van der Waals surface area (Å²) in [5.74, 6) is -60.1. The SMILES string of the molecule is OC(F)C(F)C(F)C(F)C(F)(F)C(F)(F)C(F)(F)C(F)(F)C(F)(F)C(F)(F)C(F)(F)C(O)(F)F. The summed E-state index contributed by atoms with van der Waals surface area (Å²) >= 11 is 0. The average Bonchev–Trinajstić information content (AvgIpc) is 2.63. The van der Waals surface area contributed by atoms with Gasteiger partial charge in [0.25, 0.3) is 0 Å². The molecule has 0 fully saturated rings. The fourth-order valence-electron chi connectivity index (χ4n) is 1.87. The predicted molar refractivity (Wildman–Crippen MR) is 63.6 cm³/mol. The minimum absolute atomic E-state index is 4.37. The van der Waals surface area contributed by atoms with Crippen LogP contribution in [0.15, 0.2) is 0 Å². The van der Waals surface area contributed by atoms with E-state index in [2.05, 4.69) is 0 Å². The highest BCUT2D eigenvalue weighted by atomic mass is 19.4. The molecule has 0 saturated heterocycles. The number of alkyl halides is 20. The van der Waals surface area contributed by atoms with Crippen LogP contribution in [-0.2, 0) is 0 Å². The first-order valence-corrected chi connectivity index (χ1v) is 7.42. The Kier molecular flexibility index (Phi) is 8.20. The fourth-order valence-corrected chi connectivity index (χ4v) is 1.87. The van der Waals surface area contributed by atoms with Gasteiger partial charge < -0.3 is 10.2 Å². The zero-order valence-electron chi connectivity index (χ0n) is 14.8. The van der Waals surface area contributed by atoms with Crippen LogP contribution in [0, 0.1) is 0 Å². The molecule has 34 heavy (non-hydrogen) atoms. The first-order valence-electron chi connectivity index (χ1n) is 7.42. The van der Waals surface area contributed by atoms with Gasteiger partial charge in [0.15, 0.2) is 12.3 Å². The molecule has 0 bridgehead atoms. The molecule has 206 valence electrons. The lowest BCUT2D eigenvalue weighted by atomic mass is 9.87. The van der Waals surface area contributed by atoms with Crippen molar-refractivity contribution < 1.29 is 98.0 Å². The zero-order valence-corrected chi connectivity index (χ0v) is 14.8. The summed E-state index contributed by atoms with van der Waals surface area (Å²) in [7, 11) is 0. The van der Waals surface area contributed by atoms with Crippen LogP contribution < -0.4 is 0 Å². The molecule has 22 heteroatoms. The Morgan fingerprint density at radius 1 is 0.412 bits per heavy atom. The highest BCUT2D eigenvalue weighted by molar-refractivity contribution is 5.16. The van der Waals surface area contributed by atoms with Crippen molar-refractivity contribution in [1.82, 2.24) is 0 Å². The van der Waals surface area contributed by atoms with Crippen LogP contribution in [0.25, 0.3) is 0 Å². The molecule has 0 aromatic carbocycles. The van der Waals surface area contributed by atoms with Crippen LogP contribution >= 0.6 is 0 Å². The molecule has 0 aliphatic heterocycles. The summed E-state index contributed by atoms with van der Waals surface area (Å²) in [6, 6.07) is 0. The van der Waals surface area contributed by atoms with Crippen molar-refractivity contribution in [2.75, 3.05) is 0 Å². The van der Waals surface area contributed by atoms with Crippen molar-refractivity contribution in [3.8, 4) is 0 Å². The second-order valence-corrected chi connectivity index (χ2v) is 6.27. The largest absolute Gasteiger partial charge is 0.423 e. The number of aliphatic hydroxyl groups excluding tert-OH is 1. The van der Waals surface area contributed by atoms with Crippen molar-refractivity contribution in [3.63, 3.8) is 0 Å². The standard InChI is InChI=1S/C12H6F20O2/c13-1(2(14)4(16)33)3(15)5(17,18)6(19,20)7(21,22)8(23,24)9(25,26)10(27,28)11(29,30)12(31,32)34/h1-4,33-34H. The van der Waals surface area contributed by atoms with E-state index in [1.807, 2.05) is 0 Å². The third-order valence-corrected chi connectivity index (χ3v) is 3.96. The number of aliphatic hydroxyl groups is 2. The molecule has 0 aromatic heterocycles. The smallest absolute Gasteiger partial charge is 0.362 e. The first kappa shape index (κ1) is 32.5. The number of hydrogen-bond donors (Lipinski definition) is 2. The third kappa shape index (κ3) is 4.21. The summed E-state index contributed by atoms with van der Waals surface area (Å²) in [6.07, 6.45) is -27.6. The molecule has 4 atom stereocenters. The van der Waals surface area contributed by atoms with Crippen molar-refractivity contribution >= 4 is 0 Å². The van der Waals surface area contributed by atoms with Crippen LogP contribution in [0.2, 0.25) is 0 Å². The van der Waals surface area contributed by atoms with Crippen LogP contribution in [0.3, 0.4) is 0 Å². The van der Waals surface area contributed by atoms with Crippen molar-refractivity contribution in [2.45, 2.75) is 72.4 Å². The van der Waals surface area contributed by atoms with Crippen molar-refractivity contribution in [3.05, 3.63) is 0 Å². The van der Waals surface area contributed by atoms with E-state index in [1.165, 1.54) is 0 Å². The lowest BCUT2D eigenvalue weighted by Crippen LogP contribution is -2.75. The maximum absolute atomic E-state index is 13.4. The van der Waals surface area contributed by atoms with Crippen LogP contribution in [0.1, 0.15) is 0 Å². The summed E-state index contributed by atoms with van der Waals surface area (Å²) in [5, 5.41) is 15.3. The fraction of sp³-hybridized carbons (Fsp3) is 1.00. The quantitative estimate of drug-likeness (QED) is 0.335. The van der Waals surface area contributed by atoms with Crippen molar-refractivity contribution in [1.29, 1.82) is 0 Å². The molecule has 0 amide bonds. The van der Waals surface area contributed by atoms with Gasteiger partial charge in [0.2, 0.25) is 12.5 Å². The second kappa shape index (κ2) is 8.57. The number of rotatable bonds is 11. The van der Waals surface area contributed by atoms with E-state index in [4.69, 9.17) is 10.2 Å². The zero-order chi connectivity index (χ0) is 28.3. The maximum atomic E-state index is 13.4. The van der Waals surface area contributed by atoms with Gasteiger partial charge in [-0.2, -0.15) is 70.2 Å². The van der Waals surface area contributed by atoms with Gasteiger partial charge >= 0.3 is 47.6 Å². The summed E-state index contributed by atoms with van der Waals surface area (Å²) < 4.78 is 260. The maximum Gasteiger partial charge on any atom is 0.423 e. The lowest BCUT2D eigenvalue weighted by Gasteiger charge is -2.43. The molecule has 0 aromatic rings. The molecule has 0 heterocycles. The molecule has 2 nitrogen and oxygen atoms in total. The molecular formula is C12H6F20O2. The Bertz CT molecular complexity index is 711. The highest BCUT2D eigenvalue weighted by Crippen LogP contribution is 2.64.